The third-order valence-corrected chi connectivity index (χ3v) is 6.13. The van der Waals surface area contributed by atoms with Gasteiger partial charge in [0.1, 0.15) is 0 Å². The normalized spacial score (nSPS) is 21.9. The molecule has 2 aliphatic rings. The molecule has 0 aromatic heterocycles. The maximum Gasteiger partial charge on any atom is 0.338 e. The highest BCUT2D eigenvalue weighted by atomic mass is 35.5. The Bertz CT molecular complexity index is 903. The van der Waals surface area contributed by atoms with E-state index in [1.54, 1.807) is 39.1 Å². The highest BCUT2D eigenvalue weighted by Crippen LogP contribution is 2.35. The predicted octanol–water partition coefficient (Wildman–Crippen LogP) is 3.13. The Balaban J connectivity index is 1.98. The largest absolute Gasteiger partial charge is 0.466 e. The number of esters is 2. The van der Waals surface area contributed by atoms with Gasteiger partial charge in [-0.1, -0.05) is 29.8 Å². The lowest BCUT2D eigenvalue weighted by Gasteiger charge is -2.38. The molecule has 0 aliphatic carbocycles. The molecule has 2 heterocycles. The summed E-state index contributed by atoms with van der Waals surface area (Å²) in [6.45, 7) is 5.66. The summed E-state index contributed by atoms with van der Waals surface area (Å²) in [4.78, 5) is 41.7. The zero-order valence-electron chi connectivity index (χ0n) is 18.7. The molecular formula is C23H30ClN3O5. The van der Waals surface area contributed by atoms with Crippen molar-refractivity contribution in [2.75, 3.05) is 39.9 Å². The van der Waals surface area contributed by atoms with E-state index >= 15 is 0 Å². The van der Waals surface area contributed by atoms with Gasteiger partial charge in [0.2, 0.25) is 0 Å². The molecule has 1 aromatic rings. The fourth-order valence-corrected chi connectivity index (χ4v) is 4.45. The molecule has 2 amide bonds. The number of carbonyl (C=O) groups is 3. The Labute approximate surface area is 193 Å². The summed E-state index contributed by atoms with van der Waals surface area (Å²) in [5, 5.41) is 3.32. The first-order valence-corrected chi connectivity index (χ1v) is 11.3. The van der Waals surface area contributed by atoms with Gasteiger partial charge in [0.25, 0.3) is 0 Å². The first-order valence-electron chi connectivity index (χ1n) is 10.9. The lowest BCUT2D eigenvalue weighted by atomic mass is 9.93. The summed E-state index contributed by atoms with van der Waals surface area (Å²) in [6.07, 6.45) is 1.59. The summed E-state index contributed by atoms with van der Waals surface area (Å²) in [7, 11) is 1.62. The lowest BCUT2D eigenvalue weighted by molar-refractivity contribution is -0.150. The van der Waals surface area contributed by atoms with Crippen LogP contribution >= 0.6 is 11.6 Å². The zero-order valence-corrected chi connectivity index (χ0v) is 19.5. The molecule has 3 rings (SSSR count). The smallest absolute Gasteiger partial charge is 0.338 e. The number of ether oxygens (including phenoxy) is 2. The number of likely N-dealkylation sites (tertiary alicyclic amines) is 1. The number of carbonyl (C=O) groups excluding carboxylic acids is 3. The van der Waals surface area contributed by atoms with E-state index < -0.39 is 12.0 Å². The minimum atomic E-state index is -0.730. The van der Waals surface area contributed by atoms with Crippen molar-refractivity contribution in [3.05, 3.63) is 46.1 Å². The lowest BCUT2D eigenvalue weighted by Crippen LogP contribution is -2.50. The molecule has 1 aromatic carbocycles. The number of benzene rings is 1. The van der Waals surface area contributed by atoms with Gasteiger partial charge >= 0.3 is 18.0 Å². The van der Waals surface area contributed by atoms with Crippen LogP contribution in [-0.2, 0) is 19.1 Å². The van der Waals surface area contributed by atoms with Gasteiger partial charge in [0.15, 0.2) is 0 Å². The van der Waals surface area contributed by atoms with Crippen molar-refractivity contribution in [3.63, 3.8) is 0 Å². The summed E-state index contributed by atoms with van der Waals surface area (Å²) in [6, 6.07) is 6.04. The summed E-state index contributed by atoms with van der Waals surface area (Å²) in [5.74, 6) is -0.934. The van der Waals surface area contributed by atoms with E-state index in [9.17, 15) is 14.4 Å². The van der Waals surface area contributed by atoms with Gasteiger partial charge in [-0.15, -0.1) is 0 Å². The number of likely N-dealkylation sites (N-methyl/N-ethyl adjacent to an activating group) is 1. The molecule has 0 spiro atoms. The van der Waals surface area contributed by atoms with Gasteiger partial charge in [-0.25, -0.2) is 9.59 Å². The van der Waals surface area contributed by atoms with Crippen molar-refractivity contribution >= 4 is 29.6 Å². The monoisotopic (exact) mass is 463 g/mol. The molecule has 1 fully saturated rings. The second-order valence-corrected chi connectivity index (χ2v) is 8.28. The number of hydrogen-bond donors (Lipinski definition) is 1. The Morgan fingerprint density at radius 3 is 2.59 bits per heavy atom. The number of nitrogens with zero attached hydrogens (tertiary/aromatic N) is 2. The average Bonchev–Trinajstić information content (AvgIpc) is 2.77. The SMILES string of the molecule is CCOC(=O)C1=C(CN2CCC[C@H](C(=O)OCC)C2)N(C)C(=O)N[C@@H]1c1ccccc1Cl. The van der Waals surface area contributed by atoms with Gasteiger partial charge in [-0.2, -0.15) is 0 Å². The van der Waals surface area contributed by atoms with Gasteiger partial charge in [0.05, 0.1) is 30.7 Å². The molecule has 174 valence electrons. The summed E-state index contributed by atoms with van der Waals surface area (Å²) >= 11 is 6.41. The quantitative estimate of drug-likeness (QED) is 0.625. The maximum absolute atomic E-state index is 13.1. The summed E-state index contributed by atoms with van der Waals surface area (Å²) < 4.78 is 10.6. The van der Waals surface area contributed by atoms with E-state index in [0.29, 0.717) is 41.6 Å². The molecule has 2 atom stereocenters. The highest BCUT2D eigenvalue weighted by molar-refractivity contribution is 6.31. The van der Waals surface area contributed by atoms with Crippen molar-refractivity contribution < 1.29 is 23.9 Å². The van der Waals surface area contributed by atoms with Crippen LogP contribution in [0, 0.1) is 5.92 Å². The van der Waals surface area contributed by atoms with Crippen LogP contribution in [0.3, 0.4) is 0 Å². The fourth-order valence-electron chi connectivity index (χ4n) is 4.20. The molecule has 2 aliphatic heterocycles. The minimum Gasteiger partial charge on any atom is -0.466 e. The molecule has 8 nitrogen and oxygen atoms in total. The molecule has 1 N–H and O–H groups in total. The van der Waals surface area contributed by atoms with Crippen LogP contribution in [0.2, 0.25) is 5.02 Å². The molecule has 32 heavy (non-hydrogen) atoms. The Morgan fingerprint density at radius 2 is 1.91 bits per heavy atom. The Hall–Kier alpha value is -2.58. The molecule has 1 saturated heterocycles. The van der Waals surface area contributed by atoms with E-state index in [-0.39, 0.29) is 24.5 Å². The van der Waals surface area contributed by atoms with Crippen molar-refractivity contribution in [1.82, 2.24) is 15.1 Å². The highest BCUT2D eigenvalue weighted by Gasteiger charge is 2.39. The minimum absolute atomic E-state index is 0.206. The Kier molecular flexibility index (Phi) is 8.15. The number of rotatable bonds is 7. The number of amides is 2. The van der Waals surface area contributed by atoms with Crippen molar-refractivity contribution in [2.45, 2.75) is 32.7 Å². The Morgan fingerprint density at radius 1 is 1.19 bits per heavy atom. The number of piperidine rings is 1. The number of hydrogen-bond acceptors (Lipinski definition) is 6. The molecule has 0 saturated carbocycles. The molecule has 9 heteroatoms. The topological polar surface area (TPSA) is 88.2 Å². The molecule has 0 unspecified atom stereocenters. The third kappa shape index (κ3) is 5.24. The first kappa shape index (κ1) is 24.1. The van der Waals surface area contributed by atoms with Crippen molar-refractivity contribution in [3.8, 4) is 0 Å². The number of nitrogens with one attached hydrogen (secondary N) is 1. The second-order valence-electron chi connectivity index (χ2n) is 7.87. The predicted molar refractivity (Wildman–Crippen MR) is 120 cm³/mol. The number of urea groups is 1. The molecule has 0 radical (unpaired) electrons. The van der Waals surface area contributed by atoms with Gasteiger partial charge in [0, 0.05) is 30.9 Å². The van der Waals surface area contributed by atoms with Crippen molar-refractivity contribution in [2.24, 2.45) is 5.92 Å². The van der Waals surface area contributed by atoms with Crippen LogP contribution in [-0.4, -0.2) is 67.7 Å². The van der Waals surface area contributed by atoms with Crippen molar-refractivity contribution in [1.29, 1.82) is 0 Å². The average molecular weight is 464 g/mol. The molecule has 0 bridgehead atoms. The van der Waals surface area contributed by atoms with Gasteiger partial charge in [-0.05, 0) is 44.9 Å². The van der Waals surface area contributed by atoms with Gasteiger partial charge < -0.3 is 14.8 Å². The van der Waals surface area contributed by atoms with E-state index in [2.05, 4.69) is 10.2 Å². The second kappa shape index (κ2) is 10.8. The maximum atomic E-state index is 13.1. The standard InChI is InChI=1S/C23H30ClN3O5/c1-4-31-21(28)15-9-8-12-27(13-15)14-18-19(22(29)32-5-2)20(25-23(30)26(18)3)16-10-6-7-11-17(16)24/h6-7,10-11,15,20H,4-5,8-9,12-14H2,1-3H3,(H,25,30)/t15-,20+/m0/s1. The van der Waals surface area contributed by atoms with Crippen LogP contribution in [0.15, 0.2) is 35.5 Å². The fraction of sp³-hybridized carbons (Fsp3) is 0.522. The summed E-state index contributed by atoms with van der Waals surface area (Å²) in [5.41, 5.74) is 1.51. The zero-order chi connectivity index (χ0) is 23.3. The van der Waals surface area contributed by atoms with Crippen LogP contribution in [0.4, 0.5) is 4.79 Å². The third-order valence-electron chi connectivity index (χ3n) is 5.79. The van der Waals surface area contributed by atoms with Crippen LogP contribution in [0.25, 0.3) is 0 Å². The van der Waals surface area contributed by atoms with E-state index in [0.717, 1.165) is 19.4 Å². The van der Waals surface area contributed by atoms with E-state index in [4.69, 9.17) is 21.1 Å². The first-order chi connectivity index (χ1) is 15.4. The van der Waals surface area contributed by atoms with Gasteiger partial charge in [-0.3, -0.25) is 14.6 Å². The molecular weight excluding hydrogens is 434 g/mol. The van der Waals surface area contributed by atoms with Crippen LogP contribution < -0.4 is 5.32 Å². The van der Waals surface area contributed by atoms with E-state index in [1.807, 2.05) is 6.07 Å². The van der Waals surface area contributed by atoms with E-state index in [1.165, 1.54) is 4.90 Å². The van der Waals surface area contributed by atoms with Crippen LogP contribution in [0.5, 0.6) is 0 Å². The van der Waals surface area contributed by atoms with Crippen LogP contribution in [0.1, 0.15) is 38.3 Å². The number of halogens is 1.